The molecule has 0 saturated carbocycles. The second kappa shape index (κ2) is 8.93. The van der Waals surface area contributed by atoms with Crippen molar-refractivity contribution in [3.63, 3.8) is 0 Å². The molecule has 0 aliphatic carbocycles. The van der Waals surface area contributed by atoms with E-state index in [-0.39, 0.29) is 17.6 Å². The largest absolute Gasteiger partial charge is 0.478 e. The second-order valence-electron chi connectivity index (χ2n) is 8.03. The maximum Gasteiger partial charge on any atom is 0.335 e. The van der Waals surface area contributed by atoms with E-state index in [0.29, 0.717) is 27.2 Å². The highest BCUT2D eigenvalue weighted by molar-refractivity contribution is 7.80. The Morgan fingerprint density at radius 1 is 1.12 bits per heavy atom. The number of nitrogens with one attached hydrogen (secondary N) is 1. The zero-order valence-electron chi connectivity index (χ0n) is 18.1. The standard InChI is InChI=1S/C26H20ClN3O3S/c1-15-5-8-17(9-6-15)30-24(23(29-26(30)34)20-4-2-3-13-28-20)22-12-11-21(33-22)18-14-16(25(31)32)7-10-19(18)27/h2-14,23-24H,1H3,(H,29,34)(H,31,32)/t23-,24-/m1/s1. The molecule has 2 N–H and O–H groups in total. The van der Waals surface area contributed by atoms with Gasteiger partial charge in [0, 0.05) is 17.4 Å². The van der Waals surface area contributed by atoms with E-state index < -0.39 is 5.97 Å². The topological polar surface area (TPSA) is 78.6 Å². The minimum atomic E-state index is -1.03. The summed E-state index contributed by atoms with van der Waals surface area (Å²) >= 11 is 12.1. The fourth-order valence-electron chi connectivity index (χ4n) is 4.13. The van der Waals surface area contributed by atoms with Crippen molar-refractivity contribution >= 4 is 40.6 Å². The molecule has 5 rings (SSSR count). The normalized spacial score (nSPS) is 17.6. The number of carboxylic acids is 1. The molecular formula is C26H20ClN3O3S. The Kier molecular flexibility index (Phi) is 5.81. The highest BCUT2D eigenvalue weighted by atomic mass is 35.5. The molecule has 0 unspecified atom stereocenters. The first-order chi connectivity index (χ1) is 16.4. The summed E-state index contributed by atoms with van der Waals surface area (Å²) < 4.78 is 6.30. The number of rotatable bonds is 5. The Morgan fingerprint density at radius 2 is 1.91 bits per heavy atom. The van der Waals surface area contributed by atoms with Crippen LogP contribution in [-0.4, -0.2) is 21.2 Å². The summed E-state index contributed by atoms with van der Waals surface area (Å²) in [5.74, 6) is 0.0933. The smallest absolute Gasteiger partial charge is 0.335 e. The minimum absolute atomic E-state index is 0.133. The van der Waals surface area contributed by atoms with Gasteiger partial charge in [0.1, 0.15) is 17.6 Å². The van der Waals surface area contributed by atoms with Crippen molar-refractivity contribution in [3.05, 3.63) is 107 Å². The van der Waals surface area contributed by atoms with Gasteiger partial charge >= 0.3 is 5.97 Å². The summed E-state index contributed by atoms with van der Waals surface area (Å²) in [6.07, 6.45) is 1.75. The quantitative estimate of drug-likeness (QED) is 0.324. The Hall–Kier alpha value is -3.68. The number of hydrogen-bond acceptors (Lipinski definition) is 4. The lowest BCUT2D eigenvalue weighted by atomic mass is 10.0. The predicted octanol–water partition coefficient (Wildman–Crippen LogP) is 6.18. The Labute approximate surface area is 206 Å². The van der Waals surface area contributed by atoms with Gasteiger partial charge in [-0.05, 0) is 73.7 Å². The molecule has 170 valence electrons. The van der Waals surface area contributed by atoms with Crippen LogP contribution >= 0.6 is 23.8 Å². The lowest BCUT2D eigenvalue weighted by Gasteiger charge is -2.26. The molecule has 1 aliphatic heterocycles. The number of aryl methyl sites for hydroxylation is 1. The minimum Gasteiger partial charge on any atom is -0.478 e. The molecule has 6 nitrogen and oxygen atoms in total. The zero-order valence-corrected chi connectivity index (χ0v) is 19.7. The van der Waals surface area contributed by atoms with Crippen LogP contribution in [0.1, 0.15) is 39.5 Å². The number of furan rings is 1. The Morgan fingerprint density at radius 3 is 2.62 bits per heavy atom. The van der Waals surface area contributed by atoms with Crippen LogP contribution in [0.25, 0.3) is 11.3 Å². The first kappa shape index (κ1) is 22.1. The third-order valence-electron chi connectivity index (χ3n) is 5.81. The second-order valence-corrected chi connectivity index (χ2v) is 8.83. The molecule has 34 heavy (non-hydrogen) atoms. The highest BCUT2D eigenvalue weighted by Gasteiger charge is 2.42. The number of anilines is 1. The molecule has 0 radical (unpaired) electrons. The Balaban J connectivity index is 1.61. The van der Waals surface area contributed by atoms with Gasteiger partial charge in [-0.1, -0.05) is 35.4 Å². The number of aromatic nitrogens is 1. The number of nitrogens with zero attached hydrogens (tertiary/aromatic N) is 2. The van der Waals surface area contributed by atoms with Crippen LogP contribution in [-0.2, 0) is 0 Å². The van der Waals surface area contributed by atoms with Crippen LogP contribution in [0.5, 0.6) is 0 Å². The summed E-state index contributed by atoms with van der Waals surface area (Å²) in [5, 5.41) is 13.8. The van der Waals surface area contributed by atoms with E-state index in [1.165, 1.54) is 12.1 Å². The van der Waals surface area contributed by atoms with Crippen molar-refractivity contribution in [2.24, 2.45) is 0 Å². The summed E-state index contributed by atoms with van der Waals surface area (Å²) in [5.41, 5.74) is 3.54. The van der Waals surface area contributed by atoms with Crippen molar-refractivity contribution in [1.82, 2.24) is 10.3 Å². The molecule has 1 aliphatic rings. The zero-order chi connectivity index (χ0) is 23.8. The molecule has 8 heteroatoms. The van der Waals surface area contributed by atoms with Gasteiger partial charge in [-0.3, -0.25) is 4.98 Å². The van der Waals surface area contributed by atoms with Crippen LogP contribution in [0.2, 0.25) is 5.02 Å². The maximum absolute atomic E-state index is 11.5. The van der Waals surface area contributed by atoms with Crippen molar-refractivity contribution < 1.29 is 14.3 Å². The molecule has 0 bridgehead atoms. The number of thiocarbonyl (C=S) groups is 1. The number of hydrogen-bond donors (Lipinski definition) is 2. The van der Waals surface area contributed by atoms with Crippen molar-refractivity contribution in [2.75, 3.05) is 4.90 Å². The molecule has 2 aromatic carbocycles. The van der Waals surface area contributed by atoms with Crippen LogP contribution in [0.4, 0.5) is 5.69 Å². The van der Waals surface area contributed by atoms with Gasteiger partial charge in [-0.15, -0.1) is 0 Å². The van der Waals surface area contributed by atoms with Crippen molar-refractivity contribution in [2.45, 2.75) is 19.0 Å². The van der Waals surface area contributed by atoms with E-state index in [4.69, 9.17) is 28.2 Å². The van der Waals surface area contributed by atoms with Crippen LogP contribution in [0.3, 0.4) is 0 Å². The van der Waals surface area contributed by atoms with E-state index in [1.807, 2.05) is 60.4 Å². The molecule has 4 aromatic rings. The van der Waals surface area contributed by atoms with E-state index in [2.05, 4.69) is 10.3 Å². The first-order valence-corrected chi connectivity index (χ1v) is 11.4. The lowest BCUT2D eigenvalue weighted by Crippen LogP contribution is -2.29. The molecule has 3 heterocycles. The molecule has 2 atom stereocenters. The fraction of sp³-hybridized carbons (Fsp3) is 0.115. The molecule has 0 amide bonds. The average molecular weight is 490 g/mol. The number of aromatic carboxylic acids is 1. The van der Waals surface area contributed by atoms with E-state index in [1.54, 1.807) is 18.3 Å². The predicted molar refractivity (Wildman–Crippen MR) is 135 cm³/mol. The number of benzene rings is 2. The molecule has 1 saturated heterocycles. The summed E-state index contributed by atoms with van der Waals surface area (Å²) in [6.45, 7) is 2.03. The van der Waals surface area contributed by atoms with Crippen molar-refractivity contribution in [3.8, 4) is 11.3 Å². The average Bonchev–Trinajstić information content (AvgIpc) is 3.45. The molecule has 1 fully saturated rings. The molecule has 2 aromatic heterocycles. The van der Waals surface area contributed by atoms with Gasteiger partial charge in [0.2, 0.25) is 0 Å². The lowest BCUT2D eigenvalue weighted by molar-refractivity contribution is 0.0697. The van der Waals surface area contributed by atoms with Gasteiger partial charge < -0.3 is 19.7 Å². The third-order valence-corrected chi connectivity index (χ3v) is 6.45. The molecule has 0 spiro atoms. The Bertz CT molecular complexity index is 1370. The van der Waals surface area contributed by atoms with E-state index in [0.717, 1.165) is 16.9 Å². The number of carboxylic acid groups (broad SMARTS) is 1. The van der Waals surface area contributed by atoms with Crippen LogP contribution < -0.4 is 10.2 Å². The number of pyridine rings is 1. The van der Waals surface area contributed by atoms with Gasteiger partial charge in [0.15, 0.2) is 5.11 Å². The summed E-state index contributed by atoms with van der Waals surface area (Å²) in [6, 6.07) is 21.5. The van der Waals surface area contributed by atoms with Gasteiger partial charge in [-0.25, -0.2) is 4.79 Å². The number of carbonyl (C=O) groups is 1. The van der Waals surface area contributed by atoms with Crippen LogP contribution in [0, 0.1) is 6.92 Å². The monoisotopic (exact) mass is 489 g/mol. The number of halogens is 1. The van der Waals surface area contributed by atoms with Crippen molar-refractivity contribution in [1.29, 1.82) is 0 Å². The maximum atomic E-state index is 11.5. The van der Waals surface area contributed by atoms with Gasteiger partial charge in [0.25, 0.3) is 0 Å². The summed E-state index contributed by atoms with van der Waals surface area (Å²) in [4.78, 5) is 18.0. The fourth-order valence-corrected chi connectivity index (χ4v) is 4.69. The van der Waals surface area contributed by atoms with E-state index in [9.17, 15) is 9.90 Å². The summed E-state index contributed by atoms with van der Waals surface area (Å²) in [7, 11) is 0. The molecular weight excluding hydrogens is 470 g/mol. The van der Waals surface area contributed by atoms with Crippen LogP contribution in [0.15, 0.2) is 83.4 Å². The van der Waals surface area contributed by atoms with Gasteiger partial charge in [0.05, 0.1) is 22.3 Å². The first-order valence-electron chi connectivity index (χ1n) is 10.6. The van der Waals surface area contributed by atoms with E-state index >= 15 is 0 Å². The SMILES string of the molecule is Cc1ccc(N2C(=S)N[C@H](c3ccccn3)[C@H]2c2ccc(-c3cc(C(=O)O)ccc3Cl)o2)cc1. The highest BCUT2D eigenvalue weighted by Crippen LogP contribution is 2.43. The van der Waals surface area contributed by atoms with Gasteiger partial charge in [-0.2, -0.15) is 0 Å². The third kappa shape index (κ3) is 4.04.